The first kappa shape index (κ1) is 15.3. The second-order valence-corrected chi connectivity index (χ2v) is 4.62. The molecule has 0 aliphatic carbocycles. The van der Waals surface area contributed by atoms with Gasteiger partial charge in [0.15, 0.2) is 11.5 Å². The van der Waals surface area contributed by atoms with E-state index in [0.717, 1.165) is 5.56 Å². The number of esters is 1. The summed E-state index contributed by atoms with van der Waals surface area (Å²) >= 11 is 0. The van der Waals surface area contributed by atoms with E-state index in [-0.39, 0.29) is 0 Å². The minimum absolute atomic E-state index is 0.320. The van der Waals surface area contributed by atoms with Crippen LogP contribution >= 0.6 is 0 Å². The number of hydrogen-bond donors (Lipinski definition) is 0. The Labute approximate surface area is 137 Å². The van der Waals surface area contributed by atoms with E-state index in [4.69, 9.17) is 9.47 Å². The van der Waals surface area contributed by atoms with Crippen LogP contribution in [-0.2, 0) is 0 Å². The highest BCUT2D eigenvalue weighted by atomic mass is 16.6. The minimum atomic E-state index is -0.485. The molecular weight excluding hydrogens is 310 g/mol. The second kappa shape index (κ2) is 7.14. The van der Waals surface area contributed by atoms with Crippen LogP contribution in [0.25, 0.3) is 0 Å². The predicted molar refractivity (Wildman–Crippen MR) is 85.2 cm³/mol. The maximum Gasteiger partial charge on any atom is 0.343 e. The van der Waals surface area contributed by atoms with Crippen molar-refractivity contribution in [2.45, 2.75) is 0 Å². The van der Waals surface area contributed by atoms with Gasteiger partial charge in [-0.25, -0.2) is 9.47 Å². The Hall–Kier alpha value is -3.55. The van der Waals surface area contributed by atoms with Crippen molar-refractivity contribution in [3.05, 3.63) is 66.5 Å². The molecule has 0 saturated carbocycles. The Balaban J connectivity index is 1.78. The molecule has 1 aromatic carbocycles. The maximum absolute atomic E-state index is 12.1. The molecule has 8 nitrogen and oxygen atoms in total. The molecule has 0 unspecified atom stereocenters. The normalized spacial score (nSPS) is 10.7. The van der Waals surface area contributed by atoms with E-state index in [1.165, 1.54) is 36.8 Å². The van der Waals surface area contributed by atoms with Crippen molar-refractivity contribution in [1.29, 1.82) is 0 Å². The Morgan fingerprint density at radius 1 is 1.12 bits per heavy atom. The van der Waals surface area contributed by atoms with Gasteiger partial charge >= 0.3 is 5.97 Å². The molecule has 24 heavy (non-hydrogen) atoms. The smallest absolute Gasteiger partial charge is 0.343 e. The molecule has 0 fully saturated rings. The molecule has 0 radical (unpaired) electrons. The van der Waals surface area contributed by atoms with Gasteiger partial charge in [0, 0.05) is 12.4 Å². The summed E-state index contributed by atoms with van der Waals surface area (Å²) in [4.78, 5) is 16.0. The first-order valence-corrected chi connectivity index (χ1v) is 6.95. The molecule has 0 aliphatic heterocycles. The minimum Gasteiger partial charge on any atom is -0.493 e. The summed E-state index contributed by atoms with van der Waals surface area (Å²) < 4.78 is 12.1. The predicted octanol–water partition coefficient (Wildman–Crippen LogP) is 1.78. The zero-order valence-electron chi connectivity index (χ0n) is 12.7. The van der Waals surface area contributed by atoms with E-state index in [1.807, 2.05) is 0 Å². The van der Waals surface area contributed by atoms with Crippen molar-refractivity contribution in [1.82, 2.24) is 19.9 Å². The lowest BCUT2D eigenvalue weighted by molar-refractivity contribution is 0.0729. The highest BCUT2D eigenvalue weighted by Crippen LogP contribution is 2.28. The molecule has 0 bridgehead atoms. The van der Waals surface area contributed by atoms with Gasteiger partial charge in [0.25, 0.3) is 0 Å². The topological polar surface area (TPSA) is 91.5 Å². The number of aromatic nitrogens is 4. The Morgan fingerprint density at radius 2 is 1.88 bits per heavy atom. The molecule has 0 saturated heterocycles. The number of hydrogen-bond acceptors (Lipinski definition) is 7. The number of nitrogens with zero attached hydrogens (tertiary/aromatic N) is 5. The number of pyridine rings is 1. The van der Waals surface area contributed by atoms with E-state index in [1.54, 1.807) is 36.5 Å². The number of carbonyl (C=O) groups is 1. The molecule has 0 N–H and O–H groups in total. The molecule has 2 heterocycles. The summed E-state index contributed by atoms with van der Waals surface area (Å²) in [6.07, 6.45) is 7.61. The van der Waals surface area contributed by atoms with Crippen LogP contribution in [0, 0.1) is 0 Å². The summed E-state index contributed by atoms with van der Waals surface area (Å²) in [5.74, 6) is 0.257. The Morgan fingerprint density at radius 3 is 2.58 bits per heavy atom. The van der Waals surface area contributed by atoms with Gasteiger partial charge in [-0.2, -0.15) is 5.10 Å². The molecule has 2 aromatic heterocycles. The van der Waals surface area contributed by atoms with E-state index in [9.17, 15) is 4.79 Å². The summed E-state index contributed by atoms with van der Waals surface area (Å²) in [6.45, 7) is 0. The van der Waals surface area contributed by atoms with Gasteiger partial charge in [-0.1, -0.05) is 0 Å². The molecule has 120 valence electrons. The SMILES string of the molecule is COc1cc(/C=N/n2cnnc2)ccc1OC(=O)c1ccncc1. The van der Waals surface area contributed by atoms with Gasteiger partial charge in [0.1, 0.15) is 12.7 Å². The largest absolute Gasteiger partial charge is 0.493 e. The van der Waals surface area contributed by atoms with Crippen molar-refractivity contribution in [2.75, 3.05) is 7.11 Å². The summed E-state index contributed by atoms with van der Waals surface area (Å²) in [5.41, 5.74) is 1.18. The molecule has 0 aliphatic rings. The summed E-state index contributed by atoms with van der Waals surface area (Å²) in [6, 6.07) is 8.27. The Bertz CT molecular complexity index is 847. The van der Waals surface area contributed by atoms with Crippen LogP contribution in [0.3, 0.4) is 0 Å². The fourth-order valence-electron chi connectivity index (χ4n) is 1.88. The number of benzene rings is 1. The highest BCUT2D eigenvalue weighted by molar-refractivity contribution is 5.91. The number of carbonyl (C=O) groups excluding carboxylic acids is 1. The fourth-order valence-corrected chi connectivity index (χ4v) is 1.88. The molecular formula is C16H13N5O3. The molecule has 3 rings (SSSR count). The standard InChI is InChI=1S/C16H13N5O3/c1-23-15-8-12(9-20-21-10-18-19-11-21)2-3-14(15)24-16(22)13-4-6-17-7-5-13/h2-11H,1H3/b20-9+. The second-order valence-electron chi connectivity index (χ2n) is 4.62. The van der Waals surface area contributed by atoms with E-state index in [2.05, 4.69) is 20.3 Å². The van der Waals surface area contributed by atoms with Crippen LogP contribution in [0.4, 0.5) is 0 Å². The highest BCUT2D eigenvalue weighted by Gasteiger charge is 2.12. The van der Waals surface area contributed by atoms with Gasteiger partial charge in [-0.05, 0) is 35.9 Å². The lowest BCUT2D eigenvalue weighted by Gasteiger charge is -2.09. The van der Waals surface area contributed by atoms with Gasteiger partial charge < -0.3 is 9.47 Å². The van der Waals surface area contributed by atoms with Crippen molar-refractivity contribution in [3.8, 4) is 11.5 Å². The number of methoxy groups -OCH3 is 1. The van der Waals surface area contributed by atoms with Gasteiger partial charge in [-0.15, -0.1) is 10.2 Å². The van der Waals surface area contributed by atoms with Crippen LogP contribution in [-0.4, -0.2) is 39.2 Å². The Kier molecular flexibility index (Phi) is 4.57. The third-order valence-electron chi connectivity index (χ3n) is 3.05. The third kappa shape index (κ3) is 3.61. The lowest BCUT2D eigenvalue weighted by Crippen LogP contribution is -2.09. The quantitative estimate of drug-likeness (QED) is 0.404. The maximum atomic E-state index is 12.1. The van der Waals surface area contributed by atoms with Gasteiger partial charge in [-0.3, -0.25) is 4.98 Å². The van der Waals surface area contributed by atoms with Crippen molar-refractivity contribution < 1.29 is 14.3 Å². The van der Waals surface area contributed by atoms with Gasteiger partial charge in [0.2, 0.25) is 0 Å². The zero-order chi connectivity index (χ0) is 16.8. The number of ether oxygens (including phenoxy) is 2. The average molecular weight is 323 g/mol. The van der Waals surface area contributed by atoms with Crippen molar-refractivity contribution in [3.63, 3.8) is 0 Å². The molecule has 0 spiro atoms. The monoisotopic (exact) mass is 323 g/mol. The van der Waals surface area contributed by atoms with Crippen LogP contribution in [0.5, 0.6) is 11.5 Å². The van der Waals surface area contributed by atoms with E-state index < -0.39 is 5.97 Å². The van der Waals surface area contributed by atoms with Crippen LogP contribution in [0.2, 0.25) is 0 Å². The zero-order valence-corrected chi connectivity index (χ0v) is 12.7. The molecule has 0 amide bonds. The lowest BCUT2D eigenvalue weighted by atomic mass is 10.2. The van der Waals surface area contributed by atoms with E-state index >= 15 is 0 Å². The molecule has 8 heteroatoms. The van der Waals surface area contributed by atoms with Crippen LogP contribution < -0.4 is 9.47 Å². The number of rotatable bonds is 5. The average Bonchev–Trinajstić information content (AvgIpc) is 3.15. The van der Waals surface area contributed by atoms with E-state index in [0.29, 0.717) is 17.1 Å². The van der Waals surface area contributed by atoms with Crippen LogP contribution in [0.1, 0.15) is 15.9 Å². The summed E-state index contributed by atoms with van der Waals surface area (Å²) in [7, 11) is 1.50. The van der Waals surface area contributed by atoms with Gasteiger partial charge in [0.05, 0.1) is 18.9 Å². The molecule has 3 aromatic rings. The third-order valence-corrected chi connectivity index (χ3v) is 3.05. The van der Waals surface area contributed by atoms with Crippen molar-refractivity contribution >= 4 is 12.2 Å². The first-order chi connectivity index (χ1) is 11.8. The molecule has 0 atom stereocenters. The summed E-state index contributed by atoms with van der Waals surface area (Å²) in [5, 5.41) is 11.5. The van der Waals surface area contributed by atoms with Crippen molar-refractivity contribution in [2.24, 2.45) is 5.10 Å². The van der Waals surface area contributed by atoms with Crippen LogP contribution in [0.15, 0.2) is 60.5 Å². The first-order valence-electron chi connectivity index (χ1n) is 6.95. The fraction of sp³-hybridized carbons (Fsp3) is 0.0625.